The van der Waals surface area contributed by atoms with Crippen LogP contribution in [-0.2, 0) is 0 Å². The highest BCUT2D eigenvalue weighted by molar-refractivity contribution is 14.0. The van der Waals surface area contributed by atoms with Gasteiger partial charge in [0.2, 0.25) is 0 Å². The van der Waals surface area contributed by atoms with E-state index in [1.807, 2.05) is 18.8 Å². The molecule has 1 aliphatic carbocycles. The van der Waals surface area contributed by atoms with Crippen LogP contribution >= 0.6 is 35.7 Å². The average molecular weight is 441 g/mol. The standard InChI is InChI=1S/C15H31N5S.HI/c1-16-15(18-12-5-6-14(9-12)21-4)17-10-13-11-19(2)7-8-20(13)3;/h12-14H,5-11H2,1-4H3,(H2,16,17,18);1H. The molecule has 3 unspecified atom stereocenters. The van der Waals surface area contributed by atoms with E-state index in [4.69, 9.17) is 0 Å². The van der Waals surface area contributed by atoms with E-state index in [1.165, 1.54) is 19.3 Å². The molecular formula is C15H32IN5S. The van der Waals surface area contributed by atoms with Gasteiger partial charge in [-0.15, -0.1) is 24.0 Å². The van der Waals surface area contributed by atoms with Crippen molar-refractivity contribution in [3.8, 4) is 0 Å². The first-order chi connectivity index (χ1) is 10.1. The Kier molecular flexibility index (Phi) is 9.42. The maximum atomic E-state index is 4.39. The predicted octanol–water partition coefficient (Wildman–Crippen LogP) is 1.30. The third kappa shape index (κ3) is 6.05. The fourth-order valence-electron chi connectivity index (χ4n) is 3.21. The van der Waals surface area contributed by atoms with E-state index in [-0.39, 0.29) is 24.0 Å². The number of piperazine rings is 1. The Bertz CT molecular complexity index is 355. The third-order valence-corrected chi connectivity index (χ3v) is 5.86. The molecule has 3 atom stereocenters. The van der Waals surface area contributed by atoms with Crippen molar-refractivity contribution in [2.75, 3.05) is 53.6 Å². The van der Waals surface area contributed by atoms with E-state index < -0.39 is 0 Å². The first-order valence-electron chi connectivity index (χ1n) is 8.01. The number of thioether (sulfide) groups is 1. The first-order valence-corrected chi connectivity index (χ1v) is 9.30. The molecule has 2 aliphatic rings. The molecule has 130 valence electrons. The number of aliphatic imine (C=N–C) groups is 1. The summed E-state index contributed by atoms with van der Waals surface area (Å²) in [5.41, 5.74) is 0. The van der Waals surface area contributed by atoms with Crippen molar-refractivity contribution >= 4 is 41.7 Å². The van der Waals surface area contributed by atoms with E-state index in [9.17, 15) is 0 Å². The van der Waals surface area contributed by atoms with Crippen molar-refractivity contribution in [2.24, 2.45) is 4.99 Å². The minimum atomic E-state index is 0. The summed E-state index contributed by atoms with van der Waals surface area (Å²) in [7, 11) is 6.29. The normalized spacial score (nSPS) is 30.9. The van der Waals surface area contributed by atoms with Gasteiger partial charge in [-0.2, -0.15) is 11.8 Å². The van der Waals surface area contributed by atoms with Crippen molar-refractivity contribution in [2.45, 2.75) is 36.6 Å². The molecular weight excluding hydrogens is 409 g/mol. The molecule has 2 N–H and O–H groups in total. The van der Waals surface area contributed by atoms with Crippen LogP contribution in [0.3, 0.4) is 0 Å². The lowest BCUT2D eigenvalue weighted by molar-refractivity contribution is 0.116. The minimum Gasteiger partial charge on any atom is -0.355 e. The van der Waals surface area contributed by atoms with E-state index in [0.717, 1.165) is 37.4 Å². The largest absolute Gasteiger partial charge is 0.355 e. The maximum Gasteiger partial charge on any atom is 0.191 e. The lowest BCUT2D eigenvalue weighted by Gasteiger charge is -2.38. The van der Waals surface area contributed by atoms with E-state index >= 15 is 0 Å². The van der Waals surface area contributed by atoms with E-state index in [0.29, 0.717) is 12.1 Å². The molecule has 0 aromatic heterocycles. The molecule has 0 radical (unpaired) electrons. The molecule has 0 aromatic rings. The minimum absolute atomic E-state index is 0. The second kappa shape index (κ2) is 10.2. The number of rotatable bonds is 4. The molecule has 0 bridgehead atoms. The van der Waals surface area contributed by atoms with Crippen LogP contribution in [0.2, 0.25) is 0 Å². The quantitative estimate of drug-likeness (QED) is 0.391. The monoisotopic (exact) mass is 441 g/mol. The second-order valence-corrected chi connectivity index (χ2v) is 7.50. The number of hydrogen-bond acceptors (Lipinski definition) is 4. The van der Waals surface area contributed by atoms with Crippen molar-refractivity contribution in [3.05, 3.63) is 0 Å². The van der Waals surface area contributed by atoms with Crippen LogP contribution in [0.25, 0.3) is 0 Å². The molecule has 5 nitrogen and oxygen atoms in total. The molecule has 22 heavy (non-hydrogen) atoms. The van der Waals surface area contributed by atoms with Gasteiger partial charge in [0.1, 0.15) is 0 Å². The molecule has 1 aliphatic heterocycles. The van der Waals surface area contributed by atoms with Gasteiger partial charge in [0.15, 0.2) is 5.96 Å². The van der Waals surface area contributed by atoms with Gasteiger partial charge in [0, 0.05) is 50.6 Å². The smallest absolute Gasteiger partial charge is 0.191 e. The Hall–Kier alpha value is 0.270. The van der Waals surface area contributed by atoms with Crippen molar-refractivity contribution < 1.29 is 0 Å². The third-order valence-electron chi connectivity index (χ3n) is 4.77. The zero-order valence-electron chi connectivity index (χ0n) is 14.3. The Labute approximate surface area is 157 Å². The van der Waals surface area contributed by atoms with Crippen LogP contribution < -0.4 is 10.6 Å². The van der Waals surface area contributed by atoms with Gasteiger partial charge in [-0.3, -0.25) is 9.89 Å². The topological polar surface area (TPSA) is 42.9 Å². The number of nitrogens with one attached hydrogen (secondary N) is 2. The number of halogens is 1. The van der Waals surface area contributed by atoms with Gasteiger partial charge in [0.05, 0.1) is 0 Å². The summed E-state index contributed by atoms with van der Waals surface area (Å²) in [4.78, 5) is 9.24. The molecule has 0 spiro atoms. The Morgan fingerprint density at radius 2 is 2.05 bits per heavy atom. The van der Waals surface area contributed by atoms with Crippen LogP contribution in [0.15, 0.2) is 4.99 Å². The second-order valence-electron chi connectivity index (χ2n) is 6.36. The van der Waals surface area contributed by atoms with Crippen LogP contribution in [0.5, 0.6) is 0 Å². The molecule has 2 fully saturated rings. The van der Waals surface area contributed by atoms with Gasteiger partial charge in [-0.05, 0) is 39.6 Å². The van der Waals surface area contributed by atoms with Gasteiger partial charge >= 0.3 is 0 Å². The molecule has 0 aromatic carbocycles. The zero-order chi connectivity index (χ0) is 15.2. The Balaban J connectivity index is 0.00000242. The average Bonchev–Trinajstić information content (AvgIpc) is 2.94. The van der Waals surface area contributed by atoms with Gasteiger partial charge in [-0.1, -0.05) is 0 Å². The molecule has 7 heteroatoms. The maximum absolute atomic E-state index is 4.39. The van der Waals surface area contributed by atoms with Crippen LogP contribution in [0.4, 0.5) is 0 Å². The number of hydrogen-bond donors (Lipinski definition) is 2. The summed E-state index contributed by atoms with van der Waals surface area (Å²) in [6.07, 6.45) is 6.06. The van der Waals surface area contributed by atoms with Gasteiger partial charge in [0.25, 0.3) is 0 Å². The summed E-state index contributed by atoms with van der Waals surface area (Å²) in [6, 6.07) is 1.14. The molecule has 1 saturated carbocycles. The molecule has 1 heterocycles. The highest BCUT2D eigenvalue weighted by Gasteiger charge is 2.25. The first kappa shape index (κ1) is 20.3. The van der Waals surface area contributed by atoms with E-state index in [2.05, 4.69) is 45.8 Å². The highest BCUT2D eigenvalue weighted by atomic mass is 127. The summed E-state index contributed by atoms with van der Waals surface area (Å²) in [5, 5.41) is 7.92. The number of nitrogens with zero attached hydrogens (tertiary/aromatic N) is 3. The molecule has 1 saturated heterocycles. The summed E-state index contributed by atoms with van der Waals surface area (Å²) in [5.74, 6) is 0.961. The summed E-state index contributed by atoms with van der Waals surface area (Å²) in [6.45, 7) is 4.39. The highest BCUT2D eigenvalue weighted by Crippen LogP contribution is 2.27. The summed E-state index contributed by atoms with van der Waals surface area (Å²) >= 11 is 1.99. The summed E-state index contributed by atoms with van der Waals surface area (Å²) < 4.78 is 0. The van der Waals surface area contributed by atoms with Crippen molar-refractivity contribution in [1.82, 2.24) is 20.4 Å². The Morgan fingerprint density at radius 3 is 2.68 bits per heavy atom. The van der Waals surface area contributed by atoms with Crippen LogP contribution in [-0.4, -0.2) is 86.7 Å². The number of likely N-dealkylation sites (N-methyl/N-ethyl adjacent to an activating group) is 2. The van der Waals surface area contributed by atoms with Crippen LogP contribution in [0, 0.1) is 0 Å². The lowest BCUT2D eigenvalue weighted by atomic mass is 10.2. The SMILES string of the molecule is CN=C(NCC1CN(C)CCN1C)NC1CCC(SC)C1.I. The van der Waals surface area contributed by atoms with Gasteiger partial charge < -0.3 is 15.5 Å². The fraction of sp³-hybridized carbons (Fsp3) is 0.933. The predicted molar refractivity (Wildman–Crippen MR) is 109 cm³/mol. The zero-order valence-corrected chi connectivity index (χ0v) is 17.5. The van der Waals surface area contributed by atoms with Crippen molar-refractivity contribution in [1.29, 1.82) is 0 Å². The molecule has 0 amide bonds. The van der Waals surface area contributed by atoms with E-state index in [1.54, 1.807) is 0 Å². The van der Waals surface area contributed by atoms with Crippen molar-refractivity contribution in [3.63, 3.8) is 0 Å². The molecule has 2 rings (SSSR count). The number of guanidine groups is 1. The van der Waals surface area contributed by atoms with Gasteiger partial charge in [-0.25, -0.2) is 0 Å². The lowest BCUT2D eigenvalue weighted by Crippen LogP contribution is -2.55. The Morgan fingerprint density at radius 1 is 1.27 bits per heavy atom. The fourth-order valence-corrected chi connectivity index (χ4v) is 4.01. The van der Waals surface area contributed by atoms with Crippen LogP contribution in [0.1, 0.15) is 19.3 Å².